The van der Waals surface area contributed by atoms with Crippen LogP contribution in [0, 0.1) is 13.8 Å². The van der Waals surface area contributed by atoms with Gasteiger partial charge in [-0.25, -0.2) is 0 Å². The Kier molecular flexibility index (Phi) is 5.58. The fraction of sp³-hybridized carbons (Fsp3) is 0.647. The molecule has 1 aromatic rings. The number of ether oxygens (including phenoxy) is 1. The zero-order valence-electron chi connectivity index (χ0n) is 13.3. The number of hydrogen-bond acceptors (Lipinski definition) is 3. The normalized spacial score (nSPS) is 20.6. The van der Waals surface area contributed by atoms with E-state index < -0.39 is 0 Å². The molecule has 1 unspecified atom stereocenters. The van der Waals surface area contributed by atoms with Gasteiger partial charge in [-0.05, 0) is 25.0 Å². The highest BCUT2D eigenvalue weighted by Crippen LogP contribution is 2.16. The van der Waals surface area contributed by atoms with Crippen LogP contribution < -0.4 is 5.32 Å². The molecule has 1 N–H and O–H groups in total. The maximum absolute atomic E-state index is 5.65. The predicted molar refractivity (Wildman–Crippen MR) is 84.1 cm³/mol. The first kappa shape index (κ1) is 15.5. The lowest BCUT2D eigenvalue weighted by atomic mass is 10.0. The zero-order valence-corrected chi connectivity index (χ0v) is 13.3. The van der Waals surface area contributed by atoms with E-state index in [9.17, 15) is 0 Å². The van der Waals surface area contributed by atoms with Gasteiger partial charge in [0, 0.05) is 31.7 Å². The van der Waals surface area contributed by atoms with Crippen LogP contribution >= 0.6 is 0 Å². The quantitative estimate of drug-likeness (QED) is 0.894. The maximum Gasteiger partial charge on any atom is 0.0635 e. The second-order valence-electron chi connectivity index (χ2n) is 6.19. The summed E-state index contributed by atoms with van der Waals surface area (Å²) in [4.78, 5) is 2.56. The molecule has 0 aliphatic carbocycles. The van der Waals surface area contributed by atoms with Gasteiger partial charge in [0.1, 0.15) is 0 Å². The van der Waals surface area contributed by atoms with Gasteiger partial charge in [-0.1, -0.05) is 37.6 Å². The molecule has 0 bridgehead atoms. The van der Waals surface area contributed by atoms with Crippen molar-refractivity contribution in [2.45, 2.75) is 46.3 Å². The van der Waals surface area contributed by atoms with Crippen LogP contribution in [0.3, 0.4) is 0 Å². The van der Waals surface area contributed by atoms with Gasteiger partial charge in [0.15, 0.2) is 0 Å². The second kappa shape index (κ2) is 7.21. The molecule has 0 saturated carbocycles. The van der Waals surface area contributed by atoms with Crippen LogP contribution in [0.5, 0.6) is 0 Å². The molecule has 1 atom stereocenters. The van der Waals surface area contributed by atoms with E-state index in [2.05, 4.69) is 56.1 Å². The summed E-state index contributed by atoms with van der Waals surface area (Å²) >= 11 is 0. The molecule has 1 aliphatic rings. The molecule has 3 heteroatoms. The second-order valence-corrected chi connectivity index (χ2v) is 6.19. The average molecular weight is 276 g/mol. The van der Waals surface area contributed by atoms with Crippen molar-refractivity contribution >= 4 is 0 Å². The topological polar surface area (TPSA) is 24.5 Å². The maximum atomic E-state index is 5.65. The van der Waals surface area contributed by atoms with Gasteiger partial charge >= 0.3 is 0 Å². The SMILES string of the molecule is Cc1ccc(C)c(CN2CCOCC2CNC(C)C)c1. The van der Waals surface area contributed by atoms with Crippen LogP contribution in [0.4, 0.5) is 0 Å². The first-order valence-electron chi connectivity index (χ1n) is 7.67. The summed E-state index contributed by atoms with van der Waals surface area (Å²) in [6, 6.07) is 7.74. The van der Waals surface area contributed by atoms with E-state index in [0.29, 0.717) is 12.1 Å². The van der Waals surface area contributed by atoms with E-state index >= 15 is 0 Å². The summed E-state index contributed by atoms with van der Waals surface area (Å²) in [5.41, 5.74) is 4.18. The minimum absolute atomic E-state index is 0.478. The fourth-order valence-electron chi connectivity index (χ4n) is 2.65. The van der Waals surface area contributed by atoms with Gasteiger partial charge in [-0.3, -0.25) is 4.90 Å². The molecule has 0 spiro atoms. The Bertz CT molecular complexity index is 431. The molecule has 1 fully saturated rings. The van der Waals surface area contributed by atoms with Gasteiger partial charge in [0.2, 0.25) is 0 Å². The summed E-state index contributed by atoms with van der Waals surface area (Å²) in [5.74, 6) is 0. The summed E-state index contributed by atoms with van der Waals surface area (Å²) in [7, 11) is 0. The average Bonchev–Trinajstić information content (AvgIpc) is 2.42. The molecule has 0 radical (unpaired) electrons. The van der Waals surface area contributed by atoms with E-state index in [-0.39, 0.29) is 0 Å². The predicted octanol–water partition coefficient (Wildman–Crippen LogP) is 2.50. The van der Waals surface area contributed by atoms with Crippen molar-refractivity contribution in [1.29, 1.82) is 0 Å². The van der Waals surface area contributed by atoms with Crippen molar-refractivity contribution < 1.29 is 4.74 Å². The smallest absolute Gasteiger partial charge is 0.0635 e. The van der Waals surface area contributed by atoms with Gasteiger partial charge in [0.25, 0.3) is 0 Å². The monoisotopic (exact) mass is 276 g/mol. The van der Waals surface area contributed by atoms with E-state index in [1.165, 1.54) is 16.7 Å². The molecule has 112 valence electrons. The first-order valence-corrected chi connectivity index (χ1v) is 7.67. The Balaban J connectivity index is 2.02. The van der Waals surface area contributed by atoms with Gasteiger partial charge < -0.3 is 10.1 Å². The lowest BCUT2D eigenvalue weighted by molar-refractivity contribution is -0.0115. The molecule has 20 heavy (non-hydrogen) atoms. The summed E-state index contributed by atoms with van der Waals surface area (Å²) < 4.78 is 5.65. The minimum atomic E-state index is 0.478. The molecule has 1 aliphatic heterocycles. The van der Waals surface area contributed by atoms with E-state index in [4.69, 9.17) is 4.74 Å². The number of rotatable bonds is 5. The highest BCUT2D eigenvalue weighted by atomic mass is 16.5. The third-order valence-corrected chi connectivity index (χ3v) is 3.99. The van der Waals surface area contributed by atoms with Crippen LogP contribution in [0.1, 0.15) is 30.5 Å². The summed E-state index contributed by atoms with van der Waals surface area (Å²) in [6.07, 6.45) is 0. The Morgan fingerprint density at radius 3 is 2.90 bits per heavy atom. The lowest BCUT2D eigenvalue weighted by Gasteiger charge is -2.36. The number of nitrogens with one attached hydrogen (secondary N) is 1. The Morgan fingerprint density at radius 2 is 2.15 bits per heavy atom. The zero-order chi connectivity index (χ0) is 14.5. The van der Waals surface area contributed by atoms with E-state index in [1.54, 1.807) is 0 Å². The van der Waals surface area contributed by atoms with Crippen molar-refractivity contribution in [1.82, 2.24) is 10.2 Å². The van der Waals surface area contributed by atoms with Crippen molar-refractivity contribution in [3.63, 3.8) is 0 Å². The van der Waals surface area contributed by atoms with Gasteiger partial charge in [-0.15, -0.1) is 0 Å². The fourth-order valence-corrected chi connectivity index (χ4v) is 2.65. The molecule has 3 nitrogen and oxygen atoms in total. The Labute approximate surface area is 123 Å². The van der Waals surface area contributed by atoms with Crippen LogP contribution in [-0.4, -0.2) is 43.3 Å². The van der Waals surface area contributed by atoms with Crippen molar-refractivity contribution in [2.24, 2.45) is 0 Å². The highest BCUT2D eigenvalue weighted by Gasteiger charge is 2.23. The number of morpholine rings is 1. The van der Waals surface area contributed by atoms with Crippen molar-refractivity contribution in [3.8, 4) is 0 Å². The number of nitrogens with zero attached hydrogens (tertiary/aromatic N) is 1. The minimum Gasteiger partial charge on any atom is -0.378 e. The van der Waals surface area contributed by atoms with Crippen LogP contribution in [0.25, 0.3) is 0 Å². The van der Waals surface area contributed by atoms with Gasteiger partial charge in [0.05, 0.1) is 13.2 Å². The molecule has 1 saturated heterocycles. The van der Waals surface area contributed by atoms with E-state index in [0.717, 1.165) is 32.8 Å². The lowest BCUT2D eigenvalue weighted by Crippen LogP contribution is -2.50. The standard InChI is InChI=1S/C17H28N2O/c1-13(2)18-10-17-12-20-8-7-19(17)11-16-9-14(3)5-6-15(16)4/h5-6,9,13,17-18H,7-8,10-12H2,1-4H3. The highest BCUT2D eigenvalue weighted by molar-refractivity contribution is 5.30. The van der Waals surface area contributed by atoms with Crippen molar-refractivity contribution in [3.05, 3.63) is 34.9 Å². The molecular weight excluding hydrogens is 248 g/mol. The molecule has 0 amide bonds. The summed E-state index contributed by atoms with van der Waals surface area (Å²) in [5, 5.41) is 3.54. The molecular formula is C17H28N2O. The molecule has 2 rings (SSSR count). The van der Waals surface area contributed by atoms with Crippen molar-refractivity contribution in [2.75, 3.05) is 26.3 Å². The summed E-state index contributed by atoms with van der Waals surface area (Å²) in [6.45, 7) is 13.5. The first-order chi connectivity index (χ1) is 9.56. The third-order valence-electron chi connectivity index (χ3n) is 3.99. The van der Waals surface area contributed by atoms with Crippen LogP contribution in [0.2, 0.25) is 0 Å². The number of hydrogen-bond donors (Lipinski definition) is 1. The molecule has 0 aromatic heterocycles. The van der Waals surface area contributed by atoms with Crippen LogP contribution in [-0.2, 0) is 11.3 Å². The number of benzene rings is 1. The van der Waals surface area contributed by atoms with Gasteiger partial charge in [-0.2, -0.15) is 0 Å². The third kappa shape index (κ3) is 4.30. The largest absolute Gasteiger partial charge is 0.378 e. The number of aryl methyl sites for hydroxylation is 2. The van der Waals surface area contributed by atoms with Crippen LogP contribution in [0.15, 0.2) is 18.2 Å². The Hall–Kier alpha value is -0.900. The Morgan fingerprint density at radius 1 is 1.35 bits per heavy atom. The van der Waals surface area contributed by atoms with E-state index in [1.807, 2.05) is 0 Å². The molecule has 1 heterocycles. The molecule has 1 aromatic carbocycles.